The maximum atomic E-state index is 6.08. The molecule has 0 bridgehead atoms. The number of pyridine rings is 1. The highest BCUT2D eigenvalue weighted by molar-refractivity contribution is 5.30. The van der Waals surface area contributed by atoms with Gasteiger partial charge in [0.05, 0.1) is 6.10 Å². The summed E-state index contributed by atoms with van der Waals surface area (Å²) in [5.41, 5.74) is 1.15. The Morgan fingerprint density at radius 2 is 2.05 bits per heavy atom. The molecule has 1 rings (SSSR count). The quantitative estimate of drug-likeness (QED) is 0.612. The largest absolute Gasteiger partial charge is 0.490 e. The maximum absolute atomic E-state index is 6.08. The average Bonchev–Trinajstić information content (AvgIpc) is 2.46. The van der Waals surface area contributed by atoms with Crippen LogP contribution >= 0.6 is 0 Å². The highest BCUT2D eigenvalue weighted by Crippen LogP contribution is 2.19. The van der Waals surface area contributed by atoms with Crippen molar-refractivity contribution in [2.24, 2.45) is 0 Å². The van der Waals surface area contributed by atoms with Crippen LogP contribution in [-0.2, 0) is 6.54 Å². The first kappa shape index (κ1) is 17.0. The van der Waals surface area contributed by atoms with E-state index in [9.17, 15) is 0 Å². The van der Waals surface area contributed by atoms with Gasteiger partial charge in [-0.15, -0.1) is 0 Å². The van der Waals surface area contributed by atoms with Crippen LogP contribution in [0.25, 0.3) is 0 Å². The summed E-state index contributed by atoms with van der Waals surface area (Å²) in [6, 6.07) is 1.98. The molecule has 3 heteroatoms. The number of hydrogen-bond acceptors (Lipinski definition) is 3. The Bertz CT molecular complexity index is 355. The number of aromatic nitrogens is 1. The summed E-state index contributed by atoms with van der Waals surface area (Å²) in [4.78, 5) is 4.20. The first-order valence-electron chi connectivity index (χ1n) is 8.08. The minimum Gasteiger partial charge on any atom is -0.490 e. The van der Waals surface area contributed by atoms with Crippen LogP contribution in [0, 0.1) is 0 Å². The fourth-order valence-corrected chi connectivity index (χ4v) is 2.20. The summed E-state index contributed by atoms with van der Waals surface area (Å²) >= 11 is 0. The predicted octanol–water partition coefficient (Wildman–Crippen LogP) is 4.32. The second-order valence-electron chi connectivity index (χ2n) is 5.44. The molecule has 1 aromatic heterocycles. The number of hydrogen-bond donors (Lipinski definition) is 1. The van der Waals surface area contributed by atoms with E-state index in [1.165, 1.54) is 25.7 Å². The highest BCUT2D eigenvalue weighted by Gasteiger charge is 2.08. The molecular weight excluding hydrogens is 248 g/mol. The summed E-state index contributed by atoms with van der Waals surface area (Å²) < 4.78 is 6.08. The van der Waals surface area contributed by atoms with Crippen molar-refractivity contribution in [1.29, 1.82) is 0 Å². The first-order chi connectivity index (χ1) is 9.77. The van der Waals surface area contributed by atoms with E-state index < -0.39 is 0 Å². The van der Waals surface area contributed by atoms with Gasteiger partial charge in [-0.25, -0.2) is 0 Å². The average molecular weight is 278 g/mol. The number of unbranched alkanes of at least 4 members (excludes halogenated alkanes) is 3. The topological polar surface area (TPSA) is 34.1 Å². The normalized spacial score (nSPS) is 12.3. The second-order valence-corrected chi connectivity index (χ2v) is 5.44. The molecule has 20 heavy (non-hydrogen) atoms. The van der Waals surface area contributed by atoms with Crippen LogP contribution < -0.4 is 10.1 Å². The Morgan fingerprint density at radius 3 is 2.80 bits per heavy atom. The molecule has 0 aromatic carbocycles. The minimum absolute atomic E-state index is 0.277. The van der Waals surface area contributed by atoms with Gasteiger partial charge in [-0.05, 0) is 38.8 Å². The van der Waals surface area contributed by atoms with Gasteiger partial charge < -0.3 is 10.1 Å². The number of rotatable bonds is 11. The maximum Gasteiger partial charge on any atom is 0.127 e. The Hall–Kier alpha value is -1.09. The van der Waals surface area contributed by atoms with E-state index >= 15 is 0 Å². The van der Waals surface area contributed by atoms with Crippen LogP contribution in [-0.4, -0.2) is 17.6 Å². The van der Waals surface area contributed by atoms with E-state index in [1.807, 2.05) is 18.5 Å². The van der Waals surface area contributed by atoms with E-state index in [2.05, 4.69) is 31.1 Å². The lowest BCUT2D eigenvalue weighted by molar-refractivity contribution is 0.204. The lowest BCUT2D eigenvalue weighted by Crippen LogP contribution is -2.17. The smallest absolute Gasteiger partial charge is 0.127 e. The Balaban J connectivity index is 2.41. The summed E-state index contributed by atoms with van der Waals surface area (Å²) in [6.45, 7) is 8.44. The zero-order valence-corrected chi connectivity index (χ0v) is 13.3. The van der Waals surface area contributed by atoms with Crippen molar-refractivity contribution in [3.63, 3.8) is 0 Å². The Kier molecular flexibility index (Phi) is 9.05. The standard InChI is InChI=1S/C17H30N2O/c1-4-6-7-8-9-15(3)20-17-10-12-19-14-16(17)13-18-11-5-2/h10,12,14-15,18H,4-9,11,13H2,1-3H3. The van der Waals surface area contributed by atoms with Crippen molar-refractivity contribution < 1.29 is 4.74 Å². The van der Waals surface area contributed by atoms with E-state index in [0.717, 1.165) is 37.2 Å². The molecule has 1 aromatic rings. The monoisotopic (exact) mass is 278 g/mol. The van der Waals surface area contributed by atoms with Gasteiger partial charge in [0.15, 0.2) is 0 Å². The fourth-order valence-electron chi connectivity index (χ4n) is 2.20. The summed E-state index contributed by atoms with van der Waals surface area (Å²) in [5, 5.41) is 3.40. The van der Waals surface area contributed by atoms with E-state index in [4.69, 9.17) is 4.74 Å². The summed E-state index contributed by atoms with van der Waals surface area (Å²) in [5.74, 6) is 0.978. The third kappa shape index (κ3) is 6.90. The van der Waals surface area contributed by atoms with Crippen LogP contribution in [0.2, 0.25) is 0 Å². The molecule has 1 N–H and O–H groups in total. The molecule has 0 saturated carbocycles. The van der Waals surface area contributed by atoms with Crippen molar-refractivity contribution in [2.75, 3.05) is 6.54 Å². The molecular formula is C17H30N2O. The van der Waals surface area contributed by atoms with Gasteiger partial charge in [-0.3, -0.25) is 4.98 Å². The summed E-state index contributed by atoms with van der Waals surface area (Å²) in [7, 11) is 0. The first-order valence-corrected chi connectivity index (χ1v) is 8.08. The predicted molar refractivity (Wildman–Crippen MR) is 85.1 cm³/mol. The molecule has 0 fully saturated rings. The number of nitrogens with one attached hydrogen (secondary N) is 1. The van der Waals surface area contributed by atoms with Gasteiger partial charge in [0.2, 0.25) is 0 Å². The lowest BCUT2D eigenvalue weighted by Gasteiger charge is -2.17. The molecule has 1 unspecified atom stereocenters. The van der Waals surface area contributed by atoms with Crippen LogP contribution in [0.15, 0.2) is 18.5 Å². The van der Waals surface area contributed by atoms with E-state index in [-0.39, 0.29) is 6.10 Å². The molecule has 3 nitrogen and oxygen atoms in total. The minimum atomic E-state index is 0.277. The van der Waals surface area contributed by atoms with Gasteiger partial charge in [-0.2, -0.15) is 0 Å². The molecule has 1 heterocycles. The number of ether oxygens (including phenoxy) is 1. The van der Waals surface area contributed by atoms with Crippen LogP contribution in [0.5, 0.6) is 5.75 Å². The third-order valence-corrected chi connectivity index (χ3v) is 3.39. The van der Waals surface area contributed by atoms with Gasteiger partial charge in [0.25, 0.3) is 0 Å². The molecule has 0 aliphatic heterocycles. The van der Waals surface area contributed by atoms with E-state index in [0.29, 0.717) is 0 Å². The van der Waals surface area contributed by atoms with Crippen molar-refractivity contribution in [1.82, 2.24) is 10.3 Å². The van der Waals surface area contributed by atoms with Crippen molar-refractivity contribution in [3.05, 3.63) is 24.0 Å². The van der Waals surface area contributed by atoms with Gasteiger partial charge >= 0.3 is 0 Å². The lowest BCUT2D eigenvalue weighted by atomic mass is 10.1. The molecule has 1 atom stereocenters. The zero-order valence-electron chi connectivity index (χ0n) is 13.3. The van der Waals surface area contributed by atoms with Crippen LogP contribution in [0.4, 0.5) is 0 Å². The molecule has 0 radical (unpaired) electrons. The highest BCUT2D eigenvalue weighted by atomic mass is 16.5. The van der Waals surface area contributed by atoms with Gasteiger partial charge in [0.1, 0.15) is 5.75 Å². The van der Waals surface area contributed by atoms with E-state index in [1.54, 1.807) is 0 Å². The Labute approximate surface area is 124 Å². The van der Waals surface area contributed by atoms with Crippen LogP contribution in [0.1, 0.15) is 64.9 Å². The van der Waals surface area contributed by atoms with Gasteiger partial charge in [-0.1, -0.05) is 33.1 Å². The fraction of sp³-hybridized carbons (Fsp3) is 0.706. The number of nitrogens with zero attached hydrogens (tertiary/aromatic N) is 1. The molecule has 0 aliphatic carbocycles. The molecule has 0 amide bonds. The van der Waals surface area contributed by atoms with Crippen LogP contribution in [0.3, 0.4) is 0 Å². The Morgan fingerprint density at radius 1 is 1.20 bits per heavy atom. The second kappa shape index (κ2) is 10.7. The molecule has 0 aliphatic rings. The van der Waals surface area contributed by atoms with Crippen molar-refractivity contribution in [2.45, 2.75) is 71.9 Å². The van der Waals surface area contributed by atoms with Crippen molar-refractivity contribution in [3.8, 4) is 5.75 Å². The van der Waals surface area contributed by atoms with Crippen molar-refractivity contribution >= 4 is 0 Å². The summed E-state index contributed by atoms with van der Waals surface area (Å²) in [6.07, 6.45) is 11.4. The molecule has 114 valence electrons. The SMILES string of the molecule is CCCCCCC(C)Oc1ccncc1CNCCC. The molecule has 0 saturated heterocycles. The third-order valence-electron chi connectivity index (χ3n) is 3.39. The van der Waals surface area contributed by atoms with Gasteiger partial charge in [0, 0.05) is 24.5 Å². The molecule has 0 spiro atoms. The zero-order chi connectivity index (χ0) is 14.6.